The first-order valence-corrected chi connectivity index (χ1v) is 20.8. The Hall–Kier alpha value is -2.70. The number of sulfone groups is 1. The molecule has 5 aliphatic rings. The topological polar surface area (TPSA) is 171 Å². The molecule has 0 radical (unpaired) electrons. The van der Waals surface area contributed by atoms with E-state index >= 15 is 0 Å². The number of amides is 5. The fourth-order valence-electron chi connectivity index (χ4n) is 9.11. The van der Waals surface area contributed by atoms with E-state index in [0.717, 1.165) is 32.1 Å². The van der Waals surface area contributed by atoms with Crippen LogP contribution in [0.4, 0.5) is 4.79 Å². The third kappa shape index (κ3) is 7.30. The van der Waals surface area contributed by atoms with Gasteiger partial charge in [0.25, 0.3) is 5.91 Å². The summed E-state index contributed by atoms with van der Waals surface area (Å²) >= 11 is 0. The number of nitrogens with zero attached hydrogens (tertiary/aromatic N) is 1. The average Bonchev–Trinajstić information content (AvgIpc) is 3.99. The van der Waals surface area contributed by atoms with Crippen molar-refractivity contribution in [1.82, 2.24) is 26.2 Å². The zero-order valence-corrected chi connectivity index (χ0v) is 33.3. The van der Waals surface area contributed by atoms with Crippen LogP contribution in [0.15, 0.2) is 0 Å². The van der Waals surface area contributed by atoms with Crippen LogP contribution < -0.4 is 21.3 Å². The number of Topliss-reactive ketones (excluding diaryl/α,β-unsaturated/α-hetero) is 1. The largest absolute Gasteiger partial charge is 0.349 e. The fourth-order valence-corrected chi connectivity index (χ4v) is 11.1. The van der Waals surface area contributed by atoms with E-state index in [9.17, 15) is 32.4 Å². The minimum absolute atomic E-state index is 0.0651. The molecule has 0 spiro atoms. The highest BCUT2D eigenvalue weighted by molar-refractivity contribution is 7.93. The van der Waals surface area contributed by atoms with Crippen LogP contribution in [0.1, 0.15) is 127 Å². The average molecular weight is 734 g/mol. The predicted molar refractivity (Wildman–Crippen MR) is 195 cm³/mol. The van der Waals surface area contributed by atoms with Crippen LogP contribution in [0.5, 0.6) is 0 Å². The summed E-state index contributed by atoms with van der Waals surface area (Å²) in [6.07, 6.45) is 6.58. The summed E-state index contributed by atoms with van der Waals surface area (Å²) in [4.78, 5) is 70.8. The highest BCUT2D eigenvalue weighted by Crippen LogP contribution is 2.65. The summed E-state index contributed by atoms with van der Waals surface area (Å²) in [5.74, 6) is -1.99. The molecule has 4 N–H and O–H groups in total. The Morgan fingerprint density at radius 1 is 0.922 bits per heavy atom. The molecule has 0 aromatic rings. The molecule has 0 bridgehead atoms. The van der Waals surface area contributed by atoms with Gasteiger partial charge in [0.05, 0.1) is 15.5 Å². The number of fused-ring (bicyclic) bond motifs is 1. The number of ketones is 1. The minimum Gasteiger partial charge on any atom is -0.349 e. The molecule has 0 aromatic carbocycles. The first-order chi connectivity index (χ1) is 23.4. The lowest BCUT2D eigenvalue weighted by atomic mass is 9.79. The molecule has 0 aromatic heterocycles. The maximum absolute atomic E-state index is 14.6. The highest BCUT2D eigenvalue weighted by Gasteiger charge is 2.71. The summed E-state index contributed by atoms with van der Waals surface area (Å²) in [7, 11) is -3.64. The first-order valence-electron chi connectivity index (χ1n) is 19.2. The molecule has 1 heterocycles. The van der Waals surface area contributed by atoms with Crippen LogP contribution in [0.25, 0.3) is 0 Å². The lowest BCUT2D eigenvalue weighted by Crippen LogP contribution is -2.66. The van der Waals surface area contributed by atoms with Crippen molar-refractivity contribution in [2.45, 2.75) is 160 Å². The SMILES string of the molecule is CC[C@@H]1CC1(NC(=O)[C@@H]1C2C(CN1C(=O)[C@H](NC(=O)NC1([C@H](C)S(=O)(=O)C(C)(C)C)CCCCC1)C(C)(C)C)C2(C)C)C(=O)C(=O)NCC1CC1. The van der Waals surface area contributed by atoms with Gasteiger partial charge in [0.15, 0.2) is 9.84 Å². The van der Waals surface area contributed by atoms with Crippen molar-refractivity contribution in [3.63, 3.8) is 0 Å². The second-order valence-electron chi connectivity index (χ2n) is 19.1. The van der Waals surface area contributed by atoms with Crippen molar-refractivity contribution in [3.8, 4) is 0 Å². The predicted octanol–water partition coefficient (Wildman–Crippen LogP) is 3.87. The Kier molecular flexibility index (Phi) is 10.3. The van der Waals surface area contributed by atoms with E-state index in [1.165, 1.54) is 0 Å². The van der Waals surface area contributed by atoms with Gasteiger partial charge in [-0.25, -0.2) is 13.2 Å². The van der Waals surface area contributed by atoms with Crippen LogP contribution in [0.3, 0.4) is 0 Å². The first kappa shape index (κ1) is 39.5. The van der Waals surface area contributed by atoms with Gasteiger partial charge < -0.3 is 26.2 Å². The summed E-state index contributed by atoms with van der Waals surface area (Å²) in [5.41, 5.74) is -3.24. The van der Waals surface area contributed by atoms with Gasteiger partial charge in [0.2, 0.25) is 17.6 Å². The van der Waals surface area contributed by atoms with E-state index in [2.05, 4.69) is 35.1 Å². The van der Waals surface area contributed by atoms with Gasteiger partial charge in [0.1, 0.15) is 17.6 Å². The molecular formula is C38H63N5O7S. The molecule has 4 saturated carbocycles. The third-order valence-electron chi connectivity index (χ3n) is 13.2. The Morgan fingerprint density at radius 2 is 1.53 bits per heavy atom. The molecular weight excluding hydrogens is 671 g/mol. The number of piperidine rings is 1. The fraction of sp³-hybridized carbons (Fsp3) is 0.868. The lowest BCUT2D eigenvalue weighted by Gasteiger charge is -2.45. The normalized spacial score (nSPS) is 30.7. The molecule has 3 unspecified atom stereocenters. The van der Waals surface area contributed by atoms with Crippen molar-refractivity contribution in [3.05, 3.63) is 0 Å². The van der Waals surface area contributed by atoms with Gasteiger partial charge in [-0.3, -0.25) is 19.2 Å². The van der Waals surface area contributed by atoms with Crippen molar-refractivity contribution < 1.29 is 32.4 Å². The molecule has 5 rings (SSSR count). The molecule has 51 heavy (non-hydrogen) atoms. The van der Waals surface area contributed by atoms with E-state index in [-0.39, 0.29) is 23.2 Å². The highest BCUT2D eigenvalue weighted by atomic mass is 32.2. The lowest BCUT2D eigenvalue weighted by molar-refractivity contribution is -0.146. The quantitative estimate of drug-likeness (QED) is 0.221. The van der Waals surface area contributed by atoms with Gasteiger partial charge in [-0.05, 0) is 94.3 Å². The van der Waals surface area contributed by atoms with Crippen LogP contribution in [0, 0.1) is 34.5 Å². The van der Waals surface area contributed by atoms with Gasteiger partial charge in [-0.15, -0.1) is 0 Å². The third-order valence-corrected chi connectivity index (χ3v) is 16.2. The number of hydrogen-bond donors (Lipinski definition) is 4. The number of nitrogens with one attached hydrogen (secondary N) is 4. The van der Waals surface area contributed by atoms with E-state index < -0.39 is 77.9 Å². The summed E-state index contributed by atoms with van der Waals surface area (Å²) < 4.78 is 26.3. The van der Waals surface area contributed by atoms with Crippen molar-refractivity contribution in [2.24, 2.45) is 34.5 Å². The van der Waals surface area contributed by atoms with Crippen LogP contribution in [-0.4, -0.2) is 89.1 Å². The second-order valence-corrected chi connectivity index (χ2v) is 22.1. The molecule has 1 saturated heterocycles. The Bertz CT molecular complexity index is 1540. The molecule has 13 heteroatoms. The van der Waals surface area contributed by atoms with E-state index in [4.69, 9.17) is 0 Å². The van der Waals surface area contributed by atoms with Gasteiger partial charge in [-0.1, -0.05) is 67.2 Å². The molecule has 288 valence electrons. The maximum Gasteiger partial charge on any atom is 0.315 e. The van der Waals surface area contributed by atoms with Gasteiger partial charge in [0, 0.05) is 13.1 Å². The van der Waals surface area contributed by atoms with Crippen LogP contribution in [0.2, 0.25) is 0 Å². The summed E-state index contributed by atoms with van der Waals surface area (Å²) in [5, 5.41) is 10.9. The van der Waals surface area contributed by atoms with Gasteiger partial charge >= 0.3 is 6.03 Å². The number of carbonyl (C=O) groups is 5. The molecule has 5 fully saturated rings. The van der Waals surface area contributed by atoms with Crippen molar-refractivity contribution in [1.29, 1.82) is 0 Å². The minimum atomic E-state index is -3.64. The van der Waals surface area contributed by atoms with E-state index in [0.29, 0.717) is 44.7 Å². The monoisotopic (exact) mass is 733 g/mol. The van der Waals surface area contributed by atoms with E-state index in [1.807, 2.05) is 27.7 Å². The number of rotatable bonds is 12. The Balaban J connectivity index is 1.36. The molecule has 4 aliphatic carbocycles. The number of hydrogen-bond acceptors (Lipinski definition) is 7. The van der Waals surface area contributed by atoms with Crippen molar-refractivity contribution in [2.75, 3.05) is 13.1 Å². The smallest absolute Gasteiger partial charge is 0.315 e. The second kappa shape index (κ2) is 13.3. The summed E-state index contributed by atoms with van der Waals surface area (Å²) in [6.45, 7) is 19.1. The number of likely N-dealkylation sites (tertiary alicyclic amines) is 1. The molecule has 12 nitrogen and oxygen atoms in total. The standard InChI is InChI=1S/C38H63N5O7S/c1-11-24-19-38(24,29(44)31(46)39-20-23-15-16-23)41-30(45)27-26-25(36(26,9)10)21-43(27)32(47)28(34(3,4)5)40-33(48)42-37(17-13-12-14-18-37)22(2)51(49,50)35(6,7)8/h22-28H,11-21H2,1-10H3,(H,39,46)(H,41,45)(H2,40,42,48)/t22-,24+,25?,26?,27-,28-,38?/m0/s1. The molecule has 7 atom stereocenters. The van der Waals surface area contributed by atoms with E-state index in [1.54, 1.807) is 32.6 Å². The molecule has 1 aliphatic heterocycles. The maximum atomic E-state index is 14.6. The summed E-state index contributed by atoms with van der Waals surface area (Å²) in [6, 6.07) is -2.51. The van der Waals surface area contributed by atoms with Gasteiger partial charge in [-0.2, -0.15) is 0 Å². The molecule has 5 amide bonds. The number of carbonyl (C=O) groups excluding carboxylic acids is 5. The Labute approximate surface area is 305 Å². The van der Waals surface area contributed by atoms with Crippen molar-refractivity contribution >= 4 is 39.4 Å². The van der Waals surface area contributed by atoms with Crippen LogP contribution >= 0.6 is 0 Å². The zero-order chi connectivity index (χ0) is 38.1. The zero-order valence-electron chi connectivity index (χ0n) is 32.5. The van der Waals surface area contributed by atoms with Crippen LogP contribution in [-0.2, 0) is 29.0 Å². The Morgan fingerprint density at radius 3 is 2.04 bits per heavy atom. The number of urea groups is 1.